The van der Waals surface area contributed by atoms with E-state index in [1.165, 1.54) is 0 Å². The number of urea groups is 1. The van der Waals surface area contributed by atoms with E-state index in [1.54, 1.807) is 0 Å². The van der Waals surface area contributed by atoms with Crippen LogP contribution in [-0.2, 0) is 6.61 Å². The third-order valence-corrected chi connectivity index (χ3v) is 6.74. The second kappa shape index (κ2) is 13.0. The Hall–Kier alpha value is -2.54. The molecule has 1 fully saturated rings. The Bertz CT molecular complexity index is 1040. The normalized spacial score (nSPS) is 16.2. The Labute approximate surface area is 210 Å². The fourth-order valence-corrected chi connectivity index (χ4v) is 4.73. The minimum absolute atomic E-state index is 0.0758. The molecule has 5 N–H and O–H groups in total. The zero-order valence-electron chi connectivity index (χ0n) is 19.0. The number of aromatic nitrogens is 1. The van der Waals surface area contributed by atoms with Crippen molar-refractivity contribution in [2.45, 2.75) is 44.8 Å². The van der Waals surface area contributed by atoms with Crippen LogP contribution in [0.3, 0.4) is 0 Å². The van der Waals surface area contributed by atoms with E-state index in [0.717, 1.165) is 68.9 Å². The molecular formula is C22H28ClF2N5O4S. The lowest BCUT2D eigenvalue weighted by Gasteiger charge is -2.34. The van der Waals surface area contributed by atoms with Crippen LogP contribution in [0, 0.1) is 11.6 Å². The molecule has 1 atom stereocenters. The second-order valence-electron chi connectivity index (χ2n) is 8.16. The first-order valence-corrected chi connectivity index (χ1v) is 12.4. The molecule has 9 nitrogen and oxygen atoms in total. The van der Waals surface area contributed by atoms with Gasteiger partial charge in [0.1, 0.15) is 28.8 Å². The maximum Gasteiger partial charge on any atom is 0.319 e. The van der Waals surface area contributed by atoms with Gasteiger partial charge in [-0.1, -0.05) is 18.0 Å². The van der Waals surface area contributed by atoms with E-state index in [0.29, 0.717) is 6.54 Å². The smallest absolute Gasteiger partial charge is 0.319 e. The van der Waals surface area contributed by atoms with Gasteiger partial charge in [0.25, 0.3) is 5.91 Å². The van der Waals surface area contributed by atoms with E-state index in [1.807, 2.05) is 0 Å². The molecule has 0 radical (unpaired) electrons. The highest BCUT2D eigenvalue weighted by atomic mass is 35.5. The third kappa shape index (κ3) is 7.47. The first-order valence-electron chi connectivity index (χ1n) is 11.3. The molecule has 1 aromatic carbocycles. The predicted octanol–water partition coefficient (Wildman–Crippen LogP) is 3.50. The van der Waals surface area contributed by atoms with Crippen molar-refractivity contribution in [2.24, 2.45) is 5.73 Å². The van der Waals surface area contributed by atoms with E-state index in [2.05, 4.69) is 19.9 Å². The van der Waals surface area contributed by atoms with Crippen molar-refractivity contribution in [2.75, 3.05) is 31.6 Å². The number of carbonyl (C=O) groups excluding carboxylic acids is 2. The summed E-state index contributed by atoms with van der Waals surface area (Å²) in [4.78, 5) is 26.5. The molecular weight excluding hydrogens is 504 g/mol. The predicted molar refractivity (Wildman–Crippen MR) is 129 cm³/mol. The number of hydrogen-bond acceptors (Lipinski definition) is 7. The maximum absolute atomic E-state index is 14.0. The number of nitrogens with one attached hydrogen (secondary N) is 2. The second-order valence-corrected chi connectivity index (χ2v) is 9.34. The minimum Gasteiger partial charge on any atom is -0.471 e. The highest BCUT2D eigenvalue weighted by molar-refractivity contribution is 7.11. The number of nitrogens with two attached hydrogens (primary N) is 1. The quantitative estimate of drug-likeness (QED) is 0.259. The fourth-order valence-electron chi connectivity index (χ4n) is 3.85. The SMILES string of the molecule is NC(=O)c1c(OCc2cc(F)c(Cl)cc2F)nsc1NC(=O)NCCCCN1CCCCC1CO. The number of benzene rings is 1. The van der Waals surface area contributed by atoms with Crippen LogP contribution in [0.15, 0.2) is 12.1 Å². The number of unbranched alkanes of at least 4 members (excludes halogenated alkanes) is 1. The lowest BCUT2D eigenvalue weighted by molar-refractivity contribution is 0.0888. The van der Waals surface area contributed by atoms with Gasteiger partial charge in [-0.15, -0.1) is 0 Å². The number of aliphatic hydroxyl groups excluding tert-OH is 1. The van der Waals surface area contributed by atoms with Crippen molar-refractivity contribution in [3.63, 3.8) is 0 Å². The Morgan fingerprint density at radius 2 is 2.09 bits per heavy atom. The lowest BCUT2D eigenvalue weighted by atomic mass is 10.0. The van der Waals surface area contributed by atoms with Crippen LogP contribution < -0.4 is 21.1 Å². The average molecular weight is 532 g/mol. The Balaban J connectivity index is 1.48. The molecule has 3 rings (SSSR count). The van der Waals surface area contributed by atoms with E-state index in [-0.39, 0.29) is 39.7 Å². The number of anilines is 1. The molecule has 192 valence electrons. The summed E-state index contributed by atoms with van der Waals surface area (Å²) in [6.07, 6.45) is 4.88. The van der Waals surface area contributed by atoms with Gasteiger partial charge < -0.3 is 20.9 Å². The number of primary amides is 1. The molecule has 1 aromatic heterocycles. The van der Waals surface area contributed by atoms with E-state index < -0.39 is 30.2 Å². The highest BCUT2D eigenvalue weighted by Gasteiger charge is 2.23. The molecule has 13 heteroatoms. The van der Waals surface area contributed by atoms with Gasteiger partial charge in [-0.2, -0.15) is 4.37 Å². The molecule has 35 heavy (non-hydrogen) atoms. The van der Waals surface area contributed by atoms with Crippen LogP contribution in [0.5, 0.6) is 5.88 Å². The number of likely N-dealkylation sites (tertiary alicyclic amines) is 1. The zero-order chi connectivity index (χ0) is 25.4. The summed E-state index contributed by atoms with van der Waals surface area (Å²) in [5, 5.41) is 14.4. The molecule has 3 amide bonds. The molecule has 2 heterocycles. The molecule has 0 bridgehead atoms. The summed E-state index contributed by atoms with van der Waals surface area (Å²) in [5.74, 6) is -2.69. The molecule has 1 aliphatic heterocycles. The largest absolute Gasteiger partial charge is 0.471 e. The lowest BCUT2D eigenvalue weighted by Crippen LogP contribution is -2.42. The van der Waals surface area contributed by atoms with Gasteiger partial charge in [0.05, 0.1) is 11.6 Å². The number of piperidine rings is 1. The van der Waals surface area contributed by atoms with Gasteiger partial charge in [-0.3, -0.25) is 15.0 Å². The van der Waals surface area contributed by atoms with Crippen molar-refractivity contribution in [1.29, 1.82) is 0 Å². The number of hydrogen-bond donors (Lipinski definition) is 4. The van der Waals surface area contributed by atoms with Crippen molar-refractivity contribution < 1.29 is 28.2 Å². The van der Waals surface area contributed by atoms with Gasteiger partial charge in [0.2, 0.25) is 5.88 Å². The van der Waals surface area contributed by atoms with Gasteiger partial charge in [0.15, 0.2) is 0 Å². The van der Waals surface area contributed by atoms with Crippen LogP contribution in [0.25, 0.3) is 0 Å². The van der Waals surface area contributed by atoms with E-state index in [9.17, 15) is 23.5 Å². The molecule has 1 saturated heterocycles. The number of ether oxygens (including phenoxy) is 1. The number of halogens is 3. The Kier molecular flexibility index (Phi) is 10.0. The fraction of sp³-hybridized carbons (Fsp3) is 0.500. The van der Waals surface area contributed by atoms with Gasteiger partial charge >= 0.3 is 6.03 Å². The topological polar surface area (TPSA) is 130 Å². The van der Waals surface area contributed by atoms with Crippen LogP contribution in [-0.4, -0.2) is 58.6 Å². The molecule has 1 unspecified atom stereocenters. The molecule has 0 aliphatic carbocycles. The van der Waals surface area contributed by atoms with Crippen LogP contribution in [0.2, 0.25) is 5.02 Å². The summed E-state index contributed by atoms with van der Waals surface area (Å²) >= 11 is 6.31. The summed E-state index contributed by atoms with van der Waals surface area (Å²) in [6.45, 7) is 1.98. The molecule has 2 aromatic rings. The van der Waals surface area contributed by atoms with Gasteiger partial charge in [-0.05, 0) is 62.4 Å². The van der Waals surface area contributed by atoms with Crippen LogP contribution in [0.4, 0.5) is 18.6 Å². The van der Waals surface area contributed by atoms with Crippen molar-refractivity contribution >= 4 is 40.1 Å². The zero-order valence-corrected chi connectivity index (χ0v) is 20.6. The highest BCUT2D eigenvalue weighted by Crippen LogP contribution is 2.31. The first-order chi connectivity index (χ1) is 16.8. The van der Waals surface area contributed by atoms with E-state index in [4.69, 9.17) is 22.1 Å². The molecule has 0 saturated carbocycles. The average Bonchev–Trinajstić information content (AvgIpc) is 3.23. The van der Waals surface area contributed by atoms with E-state index >= 15 is 0 Å². The number of carbonyl (C=O) groups is 2. The van der Waals surface area contributed by atoms with Gasteiger partial charge in [0, 0.05) is 18.2 Å². The Morgan fingerprint density at radius 1 is 1.29 bits per heavy atom. The number of amides is 3. The summed E-state index contributed by atoms with van der Waals surface area (Å²) in [6, 6.07) is 1.38. The van der Waals surface area contributed by atoms with Crippen molar-refractivity contribution in [3.05, 3.63) is 39.9 Å². The molecule has 1 aliphatic rings. The first kappa shape index (κ1) is 27.1. The summed E-state index contributed by atoms with van der Waals surface area (Å²) < 4.78 is 36.9. The number of nitrogens with zero attached hydrogens (tertiary/aromatic N) is 2. The standard InChI is InChI=1S/C22H28ClF2N5O4S/c23-15-10-16(24)13(9-17(15)25)12-34-20-18(19(26)32)21(35-29-20)28-22(33)27-6-2-4-8-30-7-3-1-5-14(30)11-31/h9-10,14,31H,1-8,11-12H2,(H2,26,32)(H2,27,28,33). The Morgan fingerprint density at radius 3 is 2.83 bits per heavy atom. The maximum atomic E-state index is 14.0. The summed E-state index contributed by atoms with van der Waals surface area (Å²) in [7, 11) is 0. The monoisotopic (exact) mass is 531 g/mol. The third-order valence-electron chi connectivity index (χ3n) is 5.71. The number of rotatable bonds is 11. The van der Waals surface area contributed by atoms with Gasteiger partial charge in [-0.25, -0.2) is 13.6 Å². The van der Waals surface area contributed by atoms with Crippen LogP contribution in [0.1, 0.15) is 48.0 Å². The molecule has 0 spiro atoms. The van der Waals surface area contributed by atoms with Crippen molar-refractivity contribution in [3.8, 4) is 5.88 Å². The summed E-state index contributed by atoms with van der Waals surface area (Å²) in [5.41, 5.74) is 5.12. The van der Waals surface area contributed by atoms with Crippen LogP contribution >= 0.6 is 23.1 Å². The number of aliphatic hydroxyl groups is 1. The minimum atomic E-state index is -0.897. The van der Waals surface area contributed by atoms with Crippen molar-refractivity contribution in [1.82, 2.24) is 14.6 Å².